The van der Waals surface area contributed by atoms with E-state index >= 15 is 0 Å². The highest BCUT2D eigenvalue weighted by molar-refractivity contribution is 9.10. The van der Waals surface area contributed by atoms with Gasteiger partial charge in [-0.15, -0.1) is 0 Å². The number of halogens is 1. The van der Waals surface area contributed by atoms with Gasteiger partial charge in [-0.05, 0) is 60.2 Å². The SMILES string of the molecule is COc1ccc(CNCCCN2CCN(C)CC2)cc1Br. The lowest BCUT2D eigenvalue weighted by Crippen LogP contribution is -2.45. The van der Waals surface area contributed by atoms with Crippen LogP contribution in [-0.2, 0) is 6.54 Å². The largest absolute Gasteiger partial charge is 0.496 e. The summed E-state index contributed by atoms with van der Waals surface area (Å²) in [6.45, 7) is 8.00. The fourth-order valence-electron chi connectivity index (χ4n) is 2.55. The summed E-state index contributed by atoms with van der Waals surface area (Å²) in [5, 5.41) is 3.52. The summed E-state index contributed by atoms with van der Waals surface area (Å²) in [5.74, 6) is 0.883. The van der Waals surface area contributed by atoms with Gasteiger partial charge in [0.25, 0.3) is 0 Å². The number of rotatable bonds is 7. The second-order valence-electron chi connectivity index (χ2n) is 5.64. The van der Waals surface area contributed by atoms with Gasteiger partial charge >= 0.3 is 0 Å². The first-order valence-corrected chi connectivity index (χ1v) is 8.42. The third-order valence-corrected chi connectivity index (χ3v) is 4.59. The van der Waals surface area contributed by atoms with E-state index in [0.29, 0.717) is 0 Å². The Morgan fingerprint density at radius 1 is 1.24 bits per heavy atom. The maximum Gasteiger partial charge on any atom is 0.133 e. The predicted molar refractivity (Wildman–Crippen MR) is 91.0 cm³/mol. The van der Waals surface area contributed by atoms with Crippen LogP contribution in [0.2, 0.25) is 0 Å². The average molecular weight is 356 g/mol. The quantitative estimate of drug-likeness (QED) is 0.758. The molecule has 0 unspecified atom stereocenters. The van der Waals surface area contributed by atoms with Crippen molar-refractivity contribution in [3.05, 3.63) is 28.2 Å². The van der Waals surface area contributed by atoms with Crippen LogP contribution in [0.4, 0.5) is 0 Å². The summed E-state index contributed by atoms with van der Waals surface area (Å²) in [6.07, 6.45) is 1.21. The molecule has 1 aromatic rings. The zero-order chi connectivity index (χ0) is 15.1. The smallest absolute Gasteiger partial charge is 0.133 e. The van der Waals surface area contributed by atoms with Gasteiger partial charge in [0, 0.05) is 32.7 Å². The molecule has 0 radical (unpaired) electrons. The summed E-state index contributed by atoms with van der Waals surface area (Å²) in [6, 6.07) is 6.23. The molecule has 118 valence electrons. The number of ether oxygens (including phenoxy) is 1. The molecule has 1 heterocycles. The summed E-state index contributed by atoms with van der Waals surface area (Å²) >= 11 is 3.52. The lowest BCUT2D eigenvalue weighted by molar-refractivity contribution is 0.153. The van der Waals surface area contributed by atoms with Crippen molar-refractivity contribution in [2.24, 2.45) is 0 Å². The normalized spacial score (nSPS) is 17.1. The summed E-state index contributed by atoms with van der Waals surface area (Å²) in [7, 11) is 3.89. The van der Waals surface area contributed by atoms with Crippen LogP contribution in [0.15, 0.2) is 22.7 Å². The van der Waals surface area contributed by atoms with Crippen LogP contribution in [0, 0.1) is 0 Å². The van der Waals surface area contributed by atoms with Gasteiger partial charge in [-0.2, -0.15) is 0 Å². The highest BCUT2D eigenvalue weighted by Crippen LogP contribution is 2.25. The van der Waals surface area contributed by atoms with E-state index in [4.69, 9.17) is 4.74 Å². The number of nitrogens with one attached hydrogen (secondary N) is 1. The molecule has 0 aliphatic carbocycles. The molecule has 0 atom stereocenters. The lowest BCUT2D eigenvalue weighted by atomic mass is 10.2. The van der Waals surface area contributed by atoms with E-state index in [-0.39, 0.29) is 0 Å². The van der Waals surface area contributed by atoms with Crippen LogP contribution in [-0.4, -0.2) is 63.2 Å². The Morgan fingerprint density at radius 2 is 2.00 bits per heavy atom. The van der Waals surface area contributed by atoms with Crippen molar-refractivity contribution in [2.45, 2.75) is 13.0 Å². The molecule has 0 aromatic heterocycles. The summed E-state index contributed by atoms with van der Waals surface area (Å²) in [5.41, 5.74) is 1.28. The highest BCUT2D eigenvalue weighted by Gasteiger charge is 2.12. The Balaban J connectivity index is 1.60. The zero-order valence-corrected chi connectivity index (χ0v) is 14.7. The number of piperazine rings is 1. The van der Waals surface area contributed by atoms with Crippen molar-refractivity contribution in [1.29, 1.82) is 0 Å². The number of nitrogens with zero attached hydrogens (tertiary/aromatic N) is 2. The lowest BCUT2D eigenvalue weighted by Gasteiger charge is -2.32. The molecule has 1 aromatic carbocycles. The van der Waals surface area contributed by atoms with Gasteiger partial charge in [-0.25, -0.2) is 0 Å². The number of hydrogen-bond acceptors (Lipinski definition) is 4. The first-order valence-electron chi connectivity index (χ1n) is 7.63. The monoisotopic (exact) mass is 355 g/mol. The van der Waals surface area contributed by atoms with Crippen molar-refractivity contribution in [3.63, 3.8) is 0 Å². The van der Waals surface area contributed by atoms with Gasteiger partial charge in [0.2, 0.25) is 0 Å². The van der Waals surface area contributed by atoms with Gasteiger partial charge in [-0.3, -0.25) is 0 Å². The topological polar surface area (TPSA) is 27.7 Å². The average Bonchev–Trinajstić information content (AvgIpc) is 2.49. The number of benzene rings is 1. The van der Waals surface area contributed by atoms with Gasteiger partial charge in [0.05, 0.1) is 11.6 Å². The molecule has 1 N–H and O–H groups in total. The minimum Gasteiger partial charge on any atom is -0.496 e. The van der Waals surface area contributed by atoms with E-state index in [0.717, 1.165) is 23.3 Å². The first kappa shape index (κ1) is 16.7. The van der Waals surface area contributed by atoms with E-state index in [1.54, 1.807) is 7.11 Å². The Kier molecular flexibility index (Phi) is 6.96. The molecule has 5 heteroatoms. The van der Waals surface area contributed by atoms with E-state index in [1.807, 2.05) is 6.07 Å². The Bertz CT molecular complexity index is 434. The second-order valence-corrected chi connectivity index (χ2v) is 6.50. The van der Waals surface area contributed by atoms with Gasteiger partial charge in [-0.1, -0.05) is 6.07 Å². The predicted octanol–water partition coefficient (Wildman–Crippen LogP) is 2.18. The van der Waals surface area contributed by atoms with Gasteiger partial charge < -0.3 is 19.9 Å². The molecule has 21 heavy (non-hydrogen) atoms. The number of methoxy groups -OCH3 is 1. The van der Waals surface area contributed by atoms with Crippen LogP contribution in [0.5, 0.6) is 5.75 Å². The van der Waals surface area contributed by atoms with Crippen molar-refractivity contribution in [3.8, 4) is 5.75 Å². The standard InChI is InChI=1S/C16H26BrN3O/c1-19-8-10-20(11-9-19)7-3-6-18-13-14-4-5-16(21-2)15(17)12-14/h4-5,12,18H,3,6-11,13H2,1-2H3. The Morgan fingerprint density at radius 3 is 2.67 bits per heavy atom. The molecule has 0 amide bonds. The minimum atomic E-state index is 0.883. The minimum absolute atomic E-state index is 0.883. The molecular formula is C16H26BrN3O. The van der Waals surface area contributed by atoms with Gasteiger partial charge in [0.1, 0.15) is 5.75 Å². The van der Waals surface area contributed by atoms with Crippen LogP contribution < -0.4 is 10.1 Å². The maximum atomic E-state index is 5.24. The molecule has 1 aliphatic rings. The molecular weight excluding hydrogens is 330 g/mol. The van der Waals surface area contributed by atoms with E-state index in [9.17, 15) is 0 Å². The third kappa shape index (κ3) is 5.58. The molecule has 0 saturated carbocycles. The van der Waals surface area contributed by atoms with Crippen LogP contribution in [0.25, 0.3) is 0 Å². The number of likely N-dealkylation sites (N-methyl/N-ethyl adjacent to an activating group) is 1. The molecule has 4 nitrogen and oxygen atoms in total. The highest BCUT2D eigenvalue weighted by atomic mass is 79.9. The zero-order valence-electron chi connectivity index (χ0n) is 13.1. The number of hydrogen-bond donors (Lipinski definition) is 1. The fraction of sp³-hybridized carbons (Fsp3) is 0.625. The molecule has 0 spiro atoms. The molecule has 2 rings (SSSR count). The van der Waals surface area contributed by atoms with Crippen LogP contribution >= 0.6 is 15.9 Å². The first-order chi connectivity index (χ1) is 10.2. The van der Waals surface area contributed by atoms with E-state index < -0.39 is 0 Å². The van der Waals surface area contributed by atoms with E-state index in [2.05, 4.69) is 50.2 Å². The third-order valence-electron chi connectivity index (χ3n) is 3.97. The molecule has 1 fully saturated rings. The van der Waals surface area contributed by atoms with Crippen molar-refractivity contribution in [2.75, 3.05) is 53.4 Å². The molecule has 1 saturated heterocycles. The Hall–Kier alpha value is -0.620. The summed E-state index contributed by atoms with van der Waals surface area (Å²) < 4.78 is 6.26. The van der Waals surface area contributed by atoms with Crippen molar-refractivity contribution < 1.29 is 4.74 Å². The van der Waals surface area contributed by atoms with Crippen molar-refractivity contribution in [1.82, 2.24) is 15.1 Å². The van der Waals surface area contributed by atoms with Crippen molar-refractivity contribution >= 4 is 15.9 Å². The fourth-order valence-corrected chi connectivity index (χ4v) is 3.14. The van der Waals surface area contributed by atoms with Crippen LogP contribution in [0.3, 0.4) is 0 Å². The summed E-state index contributed by atoms with van der Waals surface area (Å²) in [4.78, 5) is 4.96. The van der Waals surface area contributed by atoms with Gasteiger partial charge in [0.15, 0.2) is 0 Å². The second kappa shape index (κ2) is 8.73. The molecule has 0 bridgehead atoms. The molecule has 1 aliphatic heterocycles. The van der Waals surface area contributed by atoms with Crippen LogP contribution in [0.1, 0.15) is 12.0 Å². The Labute approximate surface area is 136 Å². The maximum absolute atomic E-state index is 5.24. The van der Waals surface area contributed by atoms with E-state index in [1.165, 1.54) is 44.7 Å².